The van der Waals surface area contributed by atoms with Gasteiger partial charge in [-0.1, -0.05) is 36.4 Å². The van der Waals surface area contributed by atoms with Crippen LogP contribution in [0.1, 0.15) is 41.3 Å². The second-order valence-corrected chi connectivity index (χ2v) is 9.24. The first-order chi connectivity index (χ1) is 18.8. The molecule has 2 aliphatic rings. The quantitative estimate of drug-likeness (QED) is 0.378. The van der Waals surface area contributed by atoms with Crippen molar-refractivity contribution in [3.8, 4) is 11.5 Å². The Morgan fingerprint density at radius 1 is 0.923 bits per heavy atom. The van der Waals surface area contributed by atoms with E-state index in [9.17, 15) is 14.4 Å². The van der Waals surface area contributed by atoms with Gasteiger partial charge in [-0.25, -0.2) is 14.4 Å². The lowest BCUT2D eigenvalue weighted by Gasteiger charge is -2.31. The van der Waals surface area contributed by atoms with E-state index in [0.717, 1.165) is 5.56 Å². The number of benzene rings is 2. The maximum Gasteiger partial charge on any atom is 0.342 e. The Morgan fingerprint density at radius 3 is 2.26 bits per heavy atom. The van der Waals surface area contributed by atoms with Crippen LogP contribution in [0.5, 0.6) is 11.5 Å². The molecular weight excluding hydrogens is 504 g/mol. The topological polar surface area (TPSA) is 113 Å². The fraction of sp³-hybridized carbons (Fsp3) is 0.345. The van der Waals surface area contributed by atoms with Crippen LogP contribution in [-0.2, 0) is 30.3 Å². The van der Waals surface area contributed by atoms with Crippen molar-refractivity contribution < 1.29 is 38.1 Å². The van der Waals surface area contributed by atoms with Crippen molar-refractivity contribution in [3.05, 3.63) is 81.7 Å². The minimum atomic E-state index is -0.989. The molecule has 0 aliphatic carbocycles. The Balaban J connectivity index is 1.67. The van der Waals surface area contributed by atoms with Crippen LogP contribution in [0.2, 0.25) is 0 Å². The summed E-state index contributed by atoms with van der Waals surface area (Å²) in [5.74, 6) is -2.41. The highest BCUT2D eigenvalue weighted by Crippen LogP contribution is 2.46. The molecule has 1 atom stereocenters. The normalized spacial score (nSPS) is 16.2. The Kier molecular flexibility index (Phi) is 8.55. The first-order valence-corrected chi connectivity index (χ1v) is 12.4. The van der Waals surface area contributed by atoms with Crippen LogP contribution in [0.4, 0.5) is 0 Å². The van der Waals surface area contributed by atoms with E-state index in [-0.39, 0.29) is 35.9 Å². The Morgan fingerprint density at radius 2 is 1.59 bits per heavy atom. The number of ether oxygens (including phenoxy) is 5. The number of dihydropyridines is 1. The van der Waals surface area contributed by atoms with Gasteiger partial charge in [-0.3, -0.25) is 4.90 Å². The molecule has 1 N–H and O–H groups in total. The van der Waals surface area contributed by atoms with Crippen molar-refractivity contribution in [1.82, 2.24) is 10.2 Å². The van der Waals surface area contributed by atoms with E-state index >= 15 is 0 Å². The van der Waals surface area contributed by atoms with Crippen LogP contribution in [0.3, 0.4) is 0 Å². The van der Waals surface area contributed by atoms with Crippen molar-refractivity contribution in [2.75, 3.05) is 41.2 Å². The van der Waals surface area contributed by atoms with Gasteiger partial charge in [0.2, 0.25) is 6.79 Å². The second-order valence-electron chi connectivity index (χ2n) is 9.24. The molecule has 4 rings (SSSR count). The lowest BCUT2D eigenvalue weighted by atomic mass is 9.78. The van der Waals surface area contributed by atoms with E-state index in [4.69, 9.17) is 23.7 Å². The largest absolute Gasteiger partial charge is 0.466 e. The third kappa shape index (κ3) is 5.75. The first-order valence-electron chi connectivity index (χ1n) is 12.4. The average molecular weight is 537 g/mol. The van der Waals surface area contributed by atoms with Crippen LogP contribution in [0, 0.1) is 0 Å². The zero-order chi connectivity index (χ0) is 28.1. The molecule has 0 saturated heterocycles. The summed E-state index contributed by atoms with van der Waals surface area (Å²) in [6.07, 6.45) is 0. The fourth-order valence-electron chi connectivity index (χ4n) is 4.84. The fourth-order valence-corrected chi connectivity index (χ4v) is 4.84. The Bertz CT molecular complexity index is 1330. The number of hydrogen-bond acceptors (Lipinski definition) is 10. The first kappa shape index (κ1) is 27.7. The molecule has 2 aromatic carbocycles. The minimum absolute atomic E-state index is 0.0642. The van der Waals surface area contributed by atoms with Gasteiger partial charge in [-0.15, -0.1) is 0 Å². The van der Waals surface area contributed by atoms with Gasteiger partial charge in [-0.05, 0) is 38.1 Å². The minimum Gasteiger partial charge on any atom is -0.466 e. The summed E-state index contributed by atoms with van der Waals surface area (Å²) in [5.41, 5.74) is 2.85. The zero-order valence-corrected chi connectivity index (χ0v) is 22.7. The molecule has 206 valence electrons. The second kappa shape index (κ2) is 12.0. The van der Waals surface area contributed by atoms with Gasteiger partial charge in [0.05, 0.1) is 31.3 Å². The summed E-state index contributed by atoms with van der Waals surface area (Å²) in [6.45, 7) is 4.64. The van der Waals surface area contributed by atoms with E-state index < -0.39 is 23.8 Å². The highest BCUT2D eigenvalue weighted by atomic mass is 16.7. The molecule has 2 aliphatic heterocycles. The number of carbonyl (C=O) groups is 3. The van der Waals surface area contributed by atoms with Gasteiger partial charge in [0, 0.05) is 24.5 Å². The maximum absolute atomic E-state index is 13.6. The monoisotopic (exact) mass is 536 g/mol. The molecule has 0 fully saturated rings. The van der Waals surface area contributed by atoms with E-state index in [0.29, 0.717) is 35.8 Å². The molecule has 1 unspecified atom stereocenters. The Labute approximate surface area is 227 Å². The standard InChI is InChI=1S/C29H32N2O8/c1-17-22(27(32)35-4)24(20-11-12-21-26(39-16-38-21)25(20)28(33)36-5)23(18(2)30-17)29(34)37-14-13-31(3)15-19-9-7-6-8-10-19/h6-12,24,30H,13-16H2,1-5H3. The van der Waals surface area contributed by atoms with Crippen molar-refractivity contribution in [3.63, 3.8) is 0 Å². The third-order valence-corrected chi connectivity index (χ3v) is 6.66. The van der Waals surface area contributed by atoms with Crippen LogP contribution >= 0.6 is 0 Å². The van der Waals surface area contributed by atoms with Crippen molar-refractivity contribution in [2.45, 2.75) is 26.3 Å². The van der Waals surface area contributed by atoms with Crippen LogP contribution < -0.4 is 14.8 Å². The molecule has 0 radical (unpaired) electrons. The number of rotatable bonds is 9. The SMILES string of the molecule is COC(=O)C1=C(C)NC(C)=C(C(=O)OCCN(C)Cc2ccccc2)C1c1ccc2c(c1C(=O)OC)OCO2. The number of allylic oxidation sites excluding steroid dienone is 2. The van der Waals surface area contributed by atoms with Crippen LogP contribution in [0.25, 0.3) is 0 Å². The lowest BCUT2D eigenvalue weighted by Crippen LogP contribution is -2.34. The van der Waals surface area contributed by atoms with Crippen LogP contribution in [0.15, 0.2) is 65.0 Å². The van der Waals surface area contributed by atoms with Gasteiger partial charge in [0.25, 0.3) is 0 Å². The predicted molar refractivity (Wildman–Crippen MR) is 141 cm³/mol. The maximum atomic E-state index is 13.6. The summed E-state index contributed by atoms with van der Waals surface area (Å²) < 4.78 is 26.9. The molecule has 0 spiro atoms. The molecule has 0 amide bonds. The highest BCUT2D eigenvalue weighted by molar-refractivity contribution is 6.03. The van der Waals surface area contributed by atoms with Crippen LogP contribution in [-0.4, -0.2) is 64.0 Å². The predicted octanol–water partition coefficient (Wildman–Crippen LogP) is 3.28. The van der Waals surface area contributed by atoms with E-state index in [1.807, 2.05) is 42.3 Å². The number of nitrogens with one attached hydrogen (secondary N) is 1. The zero-order valence-electron chi connectivity index (χ0n) is 22.7. The van der Waals surface area contributed by atoms with Gasteiger partial charge in [-0.2, -0.15) is 0 Å². The smallest absolute Gasteiger partial charge is 0.342 e. The molecule has 2 aromatic rings. The number of hydrogen-bond donors (Lipinski definition) is 1. The van der Waals surface area contributed by atoms with Gasteiger partial charge in [0.15, 0.2) is 11.5 Å². The molecule has 0 saturated carbocycles. The molecule has 39 heavy (non-hydrogen) atoms. The number of carbonyl (C=O) groups excluding carboxylic acids is 3. The van der Waals surface area contributed by atoms with Gasteiger partial charge in [0.1, 0.15) is 12.2 Å². The van der Waals surface area contributed by atoms with Crippen molar-refractivity contribution in [2.24, 2.45) is 0 Å². The number of esters is 3. The third-order valence-electron chi connectivity index (χ3n) is 6.66. The number of fused-ring (bicyclic) bond motifs is 1. The number of likely N-dealkylation sites (N-methyl/N-ethyl adjacent to an activating group) is 1. The summed E-state index contributed by atoms with van der Waals surface area (Å²) >= 11 is 0. The van der Waals surface area contributed by atoms with E-state index in [1.165, 1.54) is 14.2 Å². The van der Waals surface area contributed by atoms with E-state index in [1.54, 1.807) is 26.0 Å². The number of nitrogens with zero attached hydrogens (tertiary/aromatic N) is 1. The summed E-state index contributed by atoms with van der Waals surface area (Å²) in [6, 6.07) is 13.2. The highest BCUT2D eigenvalue weighted by Gasteiger charge is 2.41. The van der Waals surface area contributed by atoms with Crippen molar-refractivity contribution in [1.29, 1.82) is 0 Å². The molecule has 10 heteroatoms. The molecule has 0 bridgehead atoms. The summed E-state index contributed by atoms with van der Waals surface area (Å²) in [5, 5.41) is 3.10. The Hall–Kier alpha value is -4.31. The molecule has 2 heterocycles. The van der Waals surface area contributed by atoms with E-state index in [2.05, 4.69) is 5.32 Å². The number of methoxy groups -OCH3 is 2. The molecular formula is C29H32N2O8. The van der Waals surface area contributed by atoms with Gasteiger partial charge < -0.3 is 29.0 Å². The summed E-state index contributed by atoms with van der Waals surface area (Å²) in [7, 11) is 4.44. The van der Waals surface area contributed by atoms with Crippen molar-refractivity contribution >= 4 is 17.9 Å². The summed E-state index contributed by atoms with van der Waals surface area (Å²) in [4.78, 5) is 41.6. The molecule has 0 aromatic heterocycles. The lowest BCUT2D eigenvalue weighted by molar-refractivity contribution is -0.139. The molecule has 10 nitrogen and oxygen atoms in total. The average Bonchev–Trinajstić information content (AvgIpc) is 3.40. The van der Waals surface area contributed by atoms with Gasteiger partial charge >= 0.3 is 17.9 Å².